The molecule has 1 saturated heterocycles. The van der Waals surface area contributed by atoms with E-state index < -0.39 is 16.1 Å². The predicted molar refractivity (Wildman–Crippen MR) is 113 cm³/mol. The van der Waals surface area contributed by atoms with Gasteiger partial charge in [0.2, 0.25) is 15.9 Å². The minimum absolute atomic E-state index is 0.0452. The van der Waals surface area contributed by atoms with Crippen molar-refractivity contribution in [1.29, 1.82) is 0 Å². The van der Waals surface area contributed by atoms with Gasteiger partial charge >= 0.3 is 6.03 Å². The molecule has 1 aromatic carbocycles. The molecule has 1 aliphatic heterocycles. The predicted octanol–water partition coefficient (Wildman–Crippen LogP) is 2.34. The number of allylic oxidation sites excluding steroid dienone is 1. The van der Waals surface area contributed by atoms with Crippen LogP contribution in [0.25, 0.3) is 0 Å². The molecular formula is C21H29N3O5S. The van der Waals surface area contributed by atoms with Crippen molar-refractivity contribution in [2.75, 3.05) is 25.4 Å². The minimum atomic E-state index is -3.46. The van der Waals surface area contributed by atoms with E-state index in [9.17, 15) is 18.0 Å². The van der Waals surface area contributed by atoms with E-state index in [-0.39, 0.29) is 24.1 Å². The molecule has 0 spiro atoms. The van der Waals surface area contributed by atoms with Crippen LogP contribution in [0, 0.1) is 5.92 Å². The molecule has 1 aliphatic carbocycles. The first-order valence-corrected chi connectivity index (χ1v) is 11.9. The Balaban J connectivity index is 1.42. The van der Waals surface area contributed by atoms with E-state index in [1.54, 1.807) is 12.2 Å². The Hall–Kier alpha value is -2.39. The highest BCUT2D eigenvalue weighted by Gasteiger charge is 2.23. The molecule has 8 nitrogen and oxygen atoms in total. The molecule has 1 heterocycles. The molecule has 2 N–H and O–H groups in total. The maximum absolute atomic E-state index is 12.4. The quantitative estimate of drug-likeness (QED) is 0.519. The van der Waals surface area contributed by atoms with Crippen molar-refractivity contribution in [3.05, 3.63) is 42.0 Å². The Bertz CT molecular complexity index is 896. The van der Waals surface area contributed by atoms with Crippen molar-refractivity contribution in [2.24, 2.45) is 5.92 Å². The Morgan fingerprint density at radius 3 is 2.83 bits per heavy atom. The summed E-state index contributed by atoms with van der Waals surface area (Å²) in [5.74, 6) is 1.10. The summed E-state index contributed by atoms with van der Waals surface area (Å²) < 4.78 is 33.2. The molecule has 2 fully saturated rings. The summed E-state index contributed by atoms with van der Waals surface area (Å²) >= 11 is 0. The number of imide groups is 1. The van der Waals surface area contributed by atoms with E-state index in [4.69, 9.17) is 4.74 Å². The summed E-state index contributed by atoms with van der Waals surface area (Å²) in [6.07, 6.45) is 6.53. The number of sulfonamides is 1. The smallest absolute Gasteiger partial charge is 0.324 e. The number of hydrogen-bond donors (Lipinski definition) is 2. The second-order valence-electron chi connectivity index (χ2n) is 7.79. The number of urea groups is 1. The third kappa shape index (κ3) is 7.14. The number of amides is 3. The molecule has 9 heteroatoms. The van der Waals surface area contributed by atoms with E-state index in [0.717, 1.165) is 11.3 Å². The van der Waals surface area contributed by atoms with Crippen molar-refractivity contribution in [3.8, 4) is 5.75 Å². The molecule has 30 heavy (non-hydrogen) atoms. The van der Waals surface area contributed by atoms with Crippen LogP contribution in [0.2, 0.25) is 0 Å². The maximum Gasteiger partial charge on any atom is 0.324 e. The van der Waals surface area contributed by atoms with E-state index >= 15 is 0 Å². The maximum atomic E-state index is 12.4. The summed E-state index contributed by atoms with van der Waals surface area (Å²) in [4.78, 5) is 24.3. The van der Waals surface area contributed by atoms with Crippen LogP contribution >= 0.6 is 0 Å². The van der Waals surface area contributed by atoms with Gasteiger partial charge in [-0.1, -0.05) is 24.3 Å². The molecule has 1 aromatic rings. The zero-order valence-corrected chi connectivity index (χ0v) is 18.0. The molecule has 0 aromatic heterocycles. The Labute approximate surface area is 177 Å². The van der Waals surface area contributed by atoms with E-state index in [1.807, 2.05) is 31.2 Å². The van der Waals surface area contributed by atoms with Gasteiger partial charge in [0.05, 0.1) is 12.4 Å². The van der Waals surface area contributed by atoms with Crippen LogP contribution < -0.4 is 14.8 Å². The Morgan fingerprint density at radius 2 is 2.10 bits per heavy atom. The first-order valence-electron chi connectivity index (χ1n) is 10.3. The summed E-state index contributed by atoms with van der Waals surface area (Å²) in [5.41, 5.74) is 0.855. The highest BCUT2D eigenvalue weighted by atomic mass is 32.2. The summed E-state index contributed by atoms with van der Waals surface area (Å²) in [6, 6.07) is 6.74. The van der Waals surface area contributed by atoms with E-state index in [2.05, 4.69) is 10.0 Å². The molecule has 1 saturated carbocycles. The first-order chi connectivity index (χ1) is 14.3. The summed E-state index contributed by atoms with van der Waals surface area (Å²) in [7, 11) is -3.46. The zero-order chi connectivity index (χ0) is 21.6. The zero-order valence-electron chi connectivity index (χ0n) is 17.2. The average molecular weight is 436 g/mol. The van der Waals surface area contributed by atoms with Crippen LogP contribution in [0.3, 0.4) is 0 Å². The molecule has 3 amide bonds. The van der Waals surface area contributed by atoms with Gasteiger partial charge in [0.15, 0.2) is 0 Å². The van der Waals surface area contributed by atoms with E-state index in [0.29, 0.717) is 32.0 Å². The van der Waals surface area contributed by atoms with Crippen molar-refractivity contribution >= 4 is 22.0 Å². The molecular weight excluding hydrogens is 406 g/mol. The SMILES string of the molecule is C[C@@H](NS(=O)(=O)CC/C=C/CN1CCC(=O)NC1=O)c1cccc(OCC2CC2)c1. The van der Waals surface area contributed by atoms with Crippen molar-refractivity contribution in [3.63, 3.8) is 0 Å². The third-order valence-electron chi connectivity index (χ3n) is 5.09. The van der Waals surface area contributed by atoms with Crippen LogP contribution in [0.15, 0.2) is 36.4 Å². The Kier molecular flexibility index (Phi) is 7.49. The van der Waals surface area contributed by atoms with Gasteiger partial charge in [0, 0.05) is 25.6 Å². The van der Waals surface area contributed by atoms with Gasteiger partial charge in [-0.3, -0.25) is 10.1 Å². The van der Waals surface area contributed by atoms with Gasteiger partial charge in [-0.2, -0.15) is 0 Å². The van der Waals surface area contributed by atoms with E-state index in [1.165, 1.54) is 17.7 Å². The van der Waals surface area contributed by atoms with Crippen LogP contribution in [0.5, 0.6) is 5.75 Å². The second-order valence-corrected chi connectivity index (χ2v) is 9.67. The van der Waals surface area contributed by atoms with Gasteiger partial charge in [0.25, 0.3) is 0 Å². The monoisotopic (exact) mass is 435 g/mol. The number of nitrogens with one attached hydrogen (secondary N) is 2. The van der Waals surface area contributed by atoms with Gasteiger partial charge in [-0.15, -0.1) is 0 Å². The fourth-order valence-electron chi connectivity index (χ4n) is 3.08. The van der Waals surface area contributed by atoms with Crippen LogP contribution in [-0.4, -0.2) is 50.7 Å². The van der Waals surface area contributed by atoms with Gasteiger partial charge in [-0.25, -0.2) is 17.9 Å². The summed E-state index contributed by atoms with van der Waals surface area (Å²) in [5, 5.41) is 2.25. The second kappa shape index (κ2) is 10.1. The van der Waals surface area contributed by atoms with Crippen molar-refractivity contribution in [2.45, 2.75) is 38.6 Å². The molecule has 0 radical (unpaired) electrons. The third-order valence-corrected chi connectivity index (χ3v) is 6.57. The standard InChI is InChI=1S/C21H29N3O5S/c1-16(18-6-5-7-19(14-18)29-15-17-8-9-17)23-30(27,28)13-4-2-3-11-24-12-10-20(25)22-21(24)26/h2-3,5-7,14,16-17,23H,4,8-13,15H2,1H3,(H,22,25,26)/b3-2+/t16-/m1/s1. The number of rotatable bonds is 11. The van der Waals surface area contributed by atoms with Crippen molar-refractivity contribution < 1.29 is 22.7 Å². The average Bonchev–Trinajstić information content (AvgIpc) is 3.52. The van der Waals surface area contributed by atoms with Crippen molar-refractivity contribution in [1.82, 2.24) is 14.9 Å². The van der Waals surface area contributed by atoms with Gasteiger partial charge in [0.1, 0.15) is 5.75 Å². The van der Waals surface area contributed by atoms with Crippen LogP contribution in [-0.2, 0) is 14.8 Å². The summed E-state index contributed by atoms with van der Waals surface area (Å²) in [6.45, 7) is 3.24. The molecule has 1 atom stereocenters. The largest absolute Gasteiger partial charge is 0.493 e. The minimum Gasteiger partial charge on any atom is -0.493 e. The number of carbonyl (C=O) groups excluding carboxylic acids is 2. The highest BCUT2D eigenvalue weighted by molar-refractivity contribution is 7.89. The fraction of sp³-hybridized carbons (Fsp3) is 0.524. The molecule has 0 bridgehead atoms. The lowest BCUT2D eigenvalue weighted by Gasteiger charge is -2.25. The fourth-order valence-corrected chi connectivity index (χ4v) is 4.32. The number of benzene rings is 1. The molecule has 2 aliphatic rings. The van der Waals surface area contributed by atoms with Gasteiger partial charge in [-0.05, 0) is 49.8 Å². The number of nitrogens with zero attached hydrogens (tertiary/aromatic N) is 1. The lowest BCUT2D eigenvalue weighted by Crippen LogP contribution is -2.49. The molecule has 3 rings (SSSR count). The molecule has 164 valence electrons. The topological polar surface area (TPSA) is 105 Å². The lowest BCUT2D eigenvalue weighted by molar-refractivity contribution is -0.121. The molecule has 0 unspecified atom stereocenters. The highest BCUT2D eigenvalue weighted by Crippen LogP contribution is 2.30. The van der Waals surface area contributed by atoms with Crippen LogP contribution in [0.1, 0.15) is 44.2 Å². The van der Waals surface area contributed by atoms with Crippen LogP contribution in [0.4, 0.5) is 4.79 Å². The number of hydrogen-bond acceptors (Lipinski definition) is 5. The first kappa shape index (κ1) is 22.3. The Morgan fingerprint density at radius 1 is 1.30 bits per heavy atom. The normalized spacial score (nSPS) is 18.5. The number of ether oxygens (including phenoxy) is 1. The van der Waals surface area contributed by atoms with Gasteiger partial charge < -0.3 is 9.64 Å². The lowest BCUT2D eigenvalue weighted by atomic mass is 10.1. The number of carbonyl (C=O) groups is 2.